The maximum atomic E-state index is 3.61. The third kappa shape index (κ3) is 4.00. The lowest BCUT2D eigenvalue weighted by Gasteiger charge is -2.22. The Morgan fingerprint density at radius 1 is 1.14 bits per heavy atom. The first-order chi connectivity index (χ1) is 6.74. The fraction of sp³-hybridized carbons (Fsp3) is 1.00. The Bertz CT molecular complexity index is 136. The highest BCUT2D eigenvalue weighted by atomic mass is 14.9. The summed E-state index contributed by atoms with van der Waals surface area (Å²) in [6, 6.07) is 0. The average molecular weight is 197 g/mol. The van der Waals surface area contributed by atoms with E-state index in [1.807, 2.05) is 0 Å². The largest absolute Gasteiger partial charge is 0.316 e. The SMILES string of the molecule is CCC(CNCC(C)C)C1CCCC1. The van der Waals surface area contributed by atoms with Crippen LogP contribution in [0.15, 0.2) is 0 Å². The van der Waals surface area contributed by atoms with Crippen LogP contribution in [0.2, 0.25) is 0 Å². The second kappa shape index (κ2) is 6.44. The Morgan fingerprint density at radius 2 is 1.79 bits per heavy atom. The summed E-state index contributed by atoms with van der Waals surface area (Å²) in [6.45, 7) is 9.34. The fourth-order valence-corrected chi connectivity index (χ4v) is 2.63. The van der Waals surface area contributed by atoms with Gasteiger partial charge in [-0.05, 0) is 30.8 Å². The average Bonchev–Trinajstić information content (AvgIpc) is 2.64. The highest BCUT2D eigenvalue weighted by Gasteiger charge is 2.22. The lowest BCUT2D eigenvalue weighted by Crippen LogP contribution is -2.29. The van der Waals surface area contributed by atoms with Crippen LogP contribution in [0.25, 0.3) is 0 Å². The van der Waals surface area contributed by atoms with Gasteiger partial charge in [-0.1, -0.05) is 52.9 Å². The summed E-state index contributed by atoms with van der Waals surface area (Å²) < 4.78 is 0. The van der Waals surface area contributed by atoms with Gasteiger partial charge in [0.1, 0.15) is 0 Å². The molecule has 84 valence electrons. The van der Waals surface area contributed by atoms with E-state index in [9.17, 15) is 0 Å². The van der Waals surface area contributed by atoms with Crippen LogP contribution in [0.5, 0.6) is 0 Å². The Balaban J connectivity index is 2.17. The lowest BCUT2D eigenvalue weighted by atomic mass is 9.88. The molecule has 1 heteroatoms. The van der Waals surface area contributed by atoms with E-state index in [0.29, 0.717) is 0 Å². The van der Waals surface area contributed by atoms with Crippen LogP contribution in [0.4, 0.5) is 0 Å². The first kappa shape index (κ1) is 12.0. The van der Waals surface area contributed by atoms with Crippen molar-refractivity contribution in [2.75, 3.05) is 13.1 Å². The molecule has 0 spiro atoms. The molecular formula is C13H27N. The van der Waals surface area contributed by atoms with Gasteiger partial charge in [0.25, 0.3) is 0 Å². The first-order valence-corrected chi connectivity index (χ1v) is 6.44. The van der Waals surface area contributed by atoms with Crippen molar-refractivity contribution < 1.29 is 0 Å². The van der Waals surface area contributed by atoms with Crippen molar-refractivity contribution in [3.8, 4) is 0 Å². The normalized spacial score (nSPS) is 20.6. The molecule has 1 rings (SSSR count). The van der Waals surface area contributed by atoms with Gasteiger partial charge in [-0.15, -0.1) is 0 Å². The number of hydrogen-bond donors (Lipinski definition) is 1. The molecule has 1 nitrogen and oxygen atoms in total. The van der Waals surface area contributed by atoms with Crippen molar-refractivity contribution in [3.05, 3.63) is 0 Å². The van der Waals surface area contributed by atoms with Gasteiger partial charge in [-0.2, -0.15) is 0 Å². The molecule has 1 aliphatic rings. The van der Waals surface area contributed by atoms with Gasteiger partial charge in [-0.3, -0.25) is 0 Å². The van der Waals surface area contributed by atoms with E-state index in [2.05, 4.69) is 26.1 Å². The summed E-state index contributed by atoms with van der Waals surface area (Å²) >= 11 is 0. The topological polar surface area (TPSA) is 12.0 Å². The Labute approximate surface area is 89.7 Å². The van der Waals surface area contributed by atoms with Crippen LogP contribution >= 0.6 is 0 Å². The van der Waals surface area contributed by atoms with Gasteiger partial charge in [0.2, 0.25) is 0 Å². The molecule has 1 atom stereocenters. The minimum atomic E-state index is 0.788. The molecule has 1 aliphatic carbocycles. The zero-order valence-electron chi connectivity index (χ0n) is 10.2. The van der Waals surface area contributed by atoms with Crippen molar-refractivity contribution in [2.24, 2.45) is 17.8 Å². The quantitative estimate of drug-likeness (QED) is 0.687. The van der Waals surface area contributed by atoms with Gasteiger partial charge in [0, 0.05) is 0 Å². The molecule has 0 amide bonds. The van der Waals surface area contributed by atoms with Crippen molar-refractivity contribution in [2.45, 2.75) is 52.9 Å². The maximum absolute atomic E-state index is 3.61. The Kier molecular flexibility index (Phi) is 5.54. The van der Waals surface area contributed by atoms with Crippen LogP contribution in [0, 0.1) is 17.8 Å². The zero-order valence-corrected chi connectivity index (χ0v) is 10.2. The van der Waals surface area contributed by atoms with Crippen molar-refractivity contribution in [1.29, 1.82) is 0 Å². The highest BCUT2D eigenvalue weighted by molar-refractivity contribution is 4.76. The molecule has 1 unspecified atom stereocenters. The van der Waals surface area contributed by atoms with Crippen molar-refractivity contribution in [3.63, 3.8) is 0 Å². The third-order valence-corrected chi connectivity index (χ3v) is 3.55. The molecule has 0 aromatic rings. The van der Waals surface area contributed by atoms with Crippen molar-refractivity contribution >= 4 is 0 Å². The van der Waals surface area contributed by atoms with E-state index in [1.165, 1.54) is 45.2 Å². The van der Waals surface area contributed by atoms with Crippen LogP contribution < -0.4 is 5.32 Å². The summed E-state index contributed by atoms with van der Waals surface area (Å²) in [5.74, 6) is 2.76. The third-order valence-electron chi connectivity index (χ3n) is 3.55. The lowest BCUT2D eigenvalue weighted by molar-refractivity contribution is 0.309. The molecule has 1 saturated carbocycles. The molecule has 0 radical (unpaired) electrons. The molecule has 0 heterocycles. The Hall–Kier alpha value is -0.0400. The summed E-state index contributed by atoms with van der Waals surface area (Å²) in [7, 11) is 0. The summed E-state index contributed by atoms with van der Waals surface area (Å²) in [6.07, 6.45) is 7.29. The van der Waals surface area contributed by atoms with Crippen LogP contribution in [0.1, 0.15) is 52.9 Å². The van der Waals surface area contributed by atoms with Crippen LogP contribution in [-0.2, 0) is 0 Å². The second-order valence-electron chi connectivity index (χ2n) is 5.26. The number of rotatable bonds is 6. The predicted octanol–water partition coefficient (Wildman–Crippen LogP) is 3.45. The van der Waals surface area contributed by atoms with E-state index in [1.54, 1.807) is 0 Å². The molecule has 0 aliphatic heterocycles. The minimum Gasteiger partial charge on any atom is -0.316 e. The fourth-order valence-electron chi connectivity index (χ4n) is 2.63. The van der Waals surface area contributed by atoms with E-state index in [4.69, 9.17) is 0 Å². The predicted molar refractivity (Wildman–Crippen MR) is 63.4 cm³/mol. The number of nitrogens with one attached hydrogen (secondary N) is 1. The number of hydrogen-bond acceptors (Lipinski definition) is 1. The van der Waals surface area contributed by atoms with E-state index < -0.39 is 0 Å². The molecule has 14 heavy (non-hydrogen) atoms. The summed E-state index contributed by atoms with van der Waals surface area (Å²) in [4.78, 5) is 0. The minimum absolute atomic E-state index is 0.788. The second-order valence-corrected chi connectivity index (χ2v) is 5.26. The standard InChI is InChI=1S/C13H27N/c1-4-12(10-14-9-11(2)3)13-7-5-6-8-13/h11-14H,4-10H2,1-3H3. The monoisotopic (exact) mass is 197 g/mol. The van der Waals surface area contributed by atoms with Gasteiger partial charge in [-0.25, -0.2) is 0 Å². The summed E-state index contributed by atoms with van der Waals surface area (Å²) in [5.41, 5.74) is 0. The molecule has 0 bridgehead atoms. The van der Waals surface area contributed by atoms with Crippen molar-refractivity contribution in [1.82, 2.24) is 5.32 Å². The summed E-state index contributed by atoms with van der Waals surface area (Å²) in [5, 5.41) is 3.61. The van der Waals surface area contributed by atoms with E-state index in [0.717, 1.165) is 17.8 Å². The Morgan fingerprint density at radius 3 is 2.29 bits per heavy atom. The van der Waals surface area contributed by atoms with Gasteiger partial charge in [0.15, 0.2) is 0 Å². The molecule has 0 saturated heterocycles. The van der Waals surface area contributed by atoms with Gasteiger partial charge in [0.05, 0.1) is 0 Å². The van der Waals surface area contributed by atoms with Gasteiger partial charge < -0.3 is 5.32 Å². The molecule has 0 aromatic carbocycles. The molecule has 0 aromatic heterocycles. The molecule has 1 N–H and O–H groups in total. The smallest absolute Gasteiger partial charge is 0.00179 e. The van der Waals surface area contributed by atoms with Crippen LogP contribution in [-0.4, -0.2) is 13.1 Å². The zero-order chi connectivity index (χ0) is 10.4. The van der Waals surface area contributed by atoms with Gasteiger partial charge >= 0.3 is 0 Å². The first-order valence-electron chi connectivity index (χ1n) is 6.44. The molecular weight excluding hydrogens is 170 g/mol. The molecule has 1 fully saturated rings. The van der Waals surface area contributed by atoms with E-state index in [-0.39, 0.29) is 0 Å². The highest BCUT2D eigenvalue weighted by Crippen LogP contribution is 2.32. The maximum Gasteiger partial charge on any atom is -0.00179 e. The van der Waals surface area contributed by atoms with E-state index >= 15 is 0 Å². The van der Waals surface area contributed by atoms with Crippen LogP contribution in [0.3, 0.4) is 0 Å².